The third-order valence-corrected chi connectivity index (χ3v) is 3.20. The Kier molecular flexibility index (Phi) is 4.53. The lowest BCUT2D eigenvalue weighted by Crippen LogP contribution is -2.18. The molecule has 0 aliphatic rings. The Morgan fingerprint density at radius 2 is 1.95 bits per heavy atom. The Morgan fingerprint density at radius 1 is 1.21 bits per heavy atom. The molecular formula is C16H20N2O. The third kappa shape index (κ3) is 3.80. The first-order chi connectivity index (χ1) is 9.19. The van der Waals surface area contributed by atoms with Crippen LogP contribution in [0.2, 0.25) is 0 Å². The van der Waals surface area contributed by atoms with Gasteiger partial charge in [-0.05, 0) is 31.0 Å². The van der Waals surface area contributed by atoms with Crippen molar-refractivity contribution in [2.75, 3.05) is 7.11 Å². The Balaban J connectivity index is 1.96. The first-order valence-corrected chi connectivity index (χ1v) is 6.48. The summed E-state index contributed by atoms with van der Waals surface area (Å²) in [6.45, 7) is 5.07. The van der Waals surface area contributed by atoms with Gasteiger partial charge in [0.25, 0.3) is 0 Å². The highest BCUT2D eigenvalue weighted by Crippen LogP contribution is 2.15. The Hall–Kier alpha value is -1.87. The van der Waals surface area contributed by atoms with Crippen LogP contribution >= 0.6 is 0 Å². The highest BCUT2D eigenvalue weighted by Gasteiger charge is 2.05. The molecule has 0 amide bonds. The normalized spacial score (nSPS) is 12.2. The maximum atomic E-state index is 5.12. The summed E-state index contributed by atoms with van der Waals surface area (Å²) < 4.78 is 5.12. The van der Waals surface area contributed by atoms with Gasteiger partial charge in [-0.15, -0.1) is 0 Å². The van der Waals surface area contributed by atoms with Crippen LogP contribution in [0.4, 0.5) is 0 Å². The van der Waals surface area contributed by atoms with Crippen molar-refractivity contribution in [3.8, 4) is 5.88 Å². The minimum Gasteiger partial charge on any atom is -0.481 e. The monoisotopic (exact) mass is 256 g/mol. The van der Waals surface area contributed by atoms with Crippen molar-refractivity contribution in [1.29, 1.82) is 0 Å². The Labute approximate surface area is 114 Å². The van der Waals surface area contributed by atoms with Gasteiger partial charge in [0.2, 0.25) is 5.88 Å². The van der Waals surface area contributed by atoms with Gasteiger partial charge < -0.3 is 10.1 Å². The number of hydrogen-bond donors (Lipinski definition) is 1. The van der Waals surface area contributed by atoms with Gasteiger partial charge in [-0.1, -0.05) is 29.8 Å². The molecule has 0 fully saturated rings. The van der Waals surface area contributed by atoms with Gasteiger partial charge in [0, 0.05) is 24.8 Å². The molecule has 0 saturated heterocycles. The smallest absolute Gasteiger partial charge is 0.213 e. The number of aromatic nitrogens is 1. The van der Waals surface area contributed by atoms with E-state index in [2.05, 4.69) is 48.4 Å². The van der Waals surface area contributed by atoms with E-state index in [0.29, 0.717) is 11.9 Å². The Morgan fingerprint density at radius 3 is 2.63 bits per heavy atom. The van der Waals surface area contributed by atoms with Crippen LogP contribution < -0.4 is 10.1 Å². The lowest BCUT2D eigenvalue weighted by Gasteiger charge is -2.14. The van der Waals surface area contributed by atoms with Crippen molar-refractivity contribution in [1.82, 2.24) is 10.3 Å². The van der Waals surface area contributed by atoms with E-state index < -0.39 is 0 Å². The molecule has 19 heavy (non-hydrogen) atoms. The first-order valence-electron chi connectivity index (χ1n) is 6.48. The minimum absolute atomic E-state index is 0.319. The van der Waals surface area contributed by atoms with Crippen LogP contribution in [0.1, 0.15) is 29.7 Å². The van der Waals surface area contributed by atoms with Gasteiger partial charge >= 0.3 is 0 Å². The fraction of sp³-hybridized carbons (Fsp3) is 0.312. The van der Waals surface area contributed by atoms with Crippen molar-refractivity contribution in [2.45, 2.75) is 26.4 Å². The molecule has 0 aliphatic heterocycles. The molecule has 100 valence electrons. The molecule has 3 nitrogen and oxygen atoms in total. The maximum absolute atomic E-state index is 5.12. The maximum Gasteiger partial charge on any atom is 0.213 e. The summed E-state index contributed by atoms with van der Waals surface area (Å²) in [6, 6.07) is 12.9. The zero-order chi connectivity index (χ0) is 13.7. The molecule has 1 aromatic carbocycles. The molecule has 0 bridgehead atoms. The van der Waals surface area contributed by atoms with Crippen molar-refractivity contribution in [3.63, 3.8) is 0 Å². The minimum atomic E-state index is 0.319. The molecule has 1 heterocycles. The zero-order valence-corrected chi connectivity index (χ0v) is 11.7. The fourth-order valence-corrected chi connectivity index (χ4v) is 1.92. The number of hydrogen-bond acceptors (Lipinski definition) is 3. The van der Waals surface area contributed by atoms with Crippen LogP contribution in [0.25, 0.3) is 0 Å². The summed E-state index contributed by atoms with van der Waals surface area (Å²) in [5.41, 5.74) is 3.76. The van der Waals surface area contributed by atoms with Crippen molar-refractivity contribution in [3.05, 3.63) is 59.3 Å². The second-order valence-corrected chi connectivity index (χ2v) is 4.72. The second kappa shape index (κ2) is 6.34. The van der Waals surface area contributed by atoms with Crippen molar-refractivity contribution >= 4 is 0 Å². The van der Waals surface area contributed by atoms with E-state index in [9.17, 15) is 0 Å². The van der Waals surface area contributed by atoms with E-state index in [1.54, 1.807) is 13.3 Å². The molecule has 2 rings (SSSR count). The number of ether oxygens (including phenoxy) is 1. The van der Waals surface area contributed by atoms with Crippen molar-refractivity contribution < 1.29 is 4.74 Å². The number of pyridine rings is 1. The van der Waals surface area contributed by atoms with Crippen LogP contribution in [0.3, 0.4) is 0 Å². The SMILES string of the molecule is COc1cc(CNC(C)c2ccc(C)cc2)ccn1. The highest BCUT2D eigenvalue weighted by atomic mass is 16.5. The van der Waals surface area contributed by atoms with Gasteiger partial charge in [0.15, 0.2) is 0 Å². The molecular weight excluding hydrogens is 236 g/mol. The molecule has 0 aliphatic carbocycles. The average molecular weight is 256 g/mol. The molecule has 2 aromatic rings. The summed E-state index contributed by atoms with van der Waals surface area (Å²) in [4.78, 5) is 4.10. The predicted molar refractivity (Wildman–Crippen MR) is 77.2 cm³/mol. The highest BCUT2D eigenvalue weighted by molar-refractivity contribution is 5.24. The van der Waals surface area contributed by atoms with Crippen LogP contribution in [0.15, 0.2) is 42.6 Å². The second-order valence-electron chi connectivity index (χ2n) is 4.72. The molecule has 0 saturated carbocycles. The van der Waals surface area contributed by atoms with E-state index in [0.717, 1.165) is 6.54 Å². The largest absolute Gasteiger partial charge is 0.481 e. The van der Waals surface area contributed by atoms with E-state index in [4.69, 9.17) is 4.74 Å². The molecule has 1 unspecified atom stereocenters. The molecule has 3 heteroatoms. The quantitative estimate of drug-likeness (QED) is 0.891. The van der Waals surface area contributed by atoms with Crippen LogP contribution in [0, 0.1) is 6.92 Å². The molecule has 0 spiro atoms. The Bertz CT molecular complexity index is 523. The number of benzene rings is 1. The van der Waals surface area contributed by atoms with E-state index in [1.807, 2.05) is 12.1 Å². The predicted octanol–water partition coefficient (Wildman–Crippen LogP) is 3.25. The lowest BCUT2D eigenvalue weighted by atomic mass is 10.1. The van der Waals surface area contributed by atoms with Gasteiger partial charge in [0.05, 0.1) is 7.11 Å². The summed E-state index contributed by atoms with van der Waals surface area (Å²) in [5.74, 6) is 0.655. The third-order valence-electron chi connectivity index (χ3n) is 3.20. The van der Waals surface area contributed by atoms with Crippen LogP contribution in [-0.2, 0) is 6.54 Å². The van der Waals surface area contributed by atoms with Gasteiger partial charge in [-0.3, -0.25) is 0 Å². The molecule has 1 aromatic heterocycles. The number of nitrogens with one attached hydrogen (secondary N) is 1. The van der Waals surface area contributed by atoms with E-state index in [-0.39, 0.29) is 0 Å². The van der Waals surface area contributed by atoms with Gasteiger partial charge in [-0.2, -0.15) is 0 Å². The van der Waals surface area contributed by atoms with Crippen LogP contribution in [0.5, 0.6) is 5.88 Å². The standard InChI is InChI=1S/C16H20N2O/c1-12-4-6-15(7-5-12)13(2)18-11-14-8-9-17-16(10-14)19-3/h4-10,13,18H,11H2,1-3H3. The summed E-state index contributed by atoms with van der Waals surface area (Å²) in [7, 11) is 1.63. The molecule has 1 atom stereocenters. The van der Waals surface area contributed by atoms with Crippen LogP contribution in [-0.4, -0.2) is 12.1 Å². The topological polar surface area (TPSA) is 34.1 Å². The fourth-order valence-electron chi connectivity index (χ4n) is 1.92. The van der Waals surface area contributed by atoms with Gasteiger partial charge in [0.1, 0.15) is 0 Å². The average Bonchev–Trinajstić information content (AvgIpc) is 2.46. The van der Waals surface area contributed by atoms with E-state index >= 15 is 0 Å². The number of rotatable bonds is 5. The summed E-state index contributed by atoms with van der Waals surface area (Å²) in [5, 5.41) is 3.50. The lowest BCUT2D eigenvalue weighted by molar-refractivity contribution is 0.397. The van der Waals surface area contributed by atoms with E-state index in [1.165, 1.54) is 16.7 Å². The number of nitrogens with zero attached hydrogens (tertiary/aromatic N) is 1. The summed E-state index contributed by atoms with van der Waals surface area (Å²) in [6.07, 6.45) is 1.77. The van der Waals surface area contributed by atoms with Gasteiger partial charge in [-0.25, -0.2) is 4.98 Å². The summed E-state index contributed by atoms with van der Waals surface area (Å²) >= 11 is 0. The zero-order valence-electron chi connectivity index (χ0n) is 11.7. The number of aryl methyl sites for hydroxylation is 1. The van der Waals surface area contributed by atoms with Crippen molar-refractivity contribution in [2.24, 2.45) is 0 Å². The molecule has 0 radical (unpaired) electrons. The molecule has 1 N–H and O–H groups in total. The number of methoxy groups -OCH3 is 1. The first kappa shape index (κ1) is 13.6.